The lowest BCUT2D eigenvalue weighted by molar-refractivity contribution is -0.192. The third-order valence-electron chi connectivity index (χ3n) is 5.09. The van der Waals surface area contributed by atoms with Gasteiger partial charge in [0, 0.05) is 26.1 Å². The van der Waals surface area contributed by atoms with Crippen molar-refractivity contribution in [3.05, 3.63) is 28.8 Å². The van der Waals surface area contributed by atoms with Gasteiger partial charge < -0.3 is 26.0 Å². The molecule has 0 aliphatic carbocycles. The molecule has 1 aliphatic rings. The molecule has 1 aliphatic heterocycles. The van der Waals surface area contributed by atoms with Crippen molar-refractivity contribution in [1.29, 1.82) is 0 Å². The van der Waals surface area contributed by atoms with E-state index in [-0.39, 0.29) is 44.6 Å². The number of nitrogen functional groups attached to an aromatic ring is 1. The first-order valence-corrected chi connectivity index (χ1v) is 13.3. The number of nitrogens with zero attached hydrogens (tertiary/aromatic N) is 3. The molecule has 3 rings (SSSR count). The number of carboxylic acids is 1. The fourth-order valence-corrected chi connectivity index (χ4v) is 5.44. The van der Waals surface area contributed by atoms with Crippen LogP contribution in [0.25, 0.3) is 0 Å². The zero-order valence-corrected chi connectivity index (χ0v) is 21.4. The van der Waals surface area contributed by atoms with E-state index in [1.807, 2.05) is 0 Å². The number of rotatable bonds is 10. The smallest absolute Gasteiger partial charge is 0.475 e. The minimum atomic E-state index is -5.08. The van der Waals surface area contributed by atoms with E-state index in [0.717, 1.165) is 17.1 Å². The van der Waals surface area contributed by atoms with Crippen molar-refractivity contribution in [1.82, 2.24) is 14.5 Å². The Balaban J connectivity index is 0.000000638. The van der Waals surface area contributed by atoms with Crippen LogP contribution in [-0.2, 0) is 26.0 Å². The van der Waals surface area contributed by atoms with E-state index in [1.54, 1.807) is 0 Å². The molecule has 0 bridgehead atoms. The number of benzene rings is 1. The molecular formula is C20H26F5N5O6S2. The number of alkyl halides is 3. The second kappa shape index (κ2) is 13.9. The summed E-state index contributed by atoms with van der Waals surface area (Å²) in [6.07, 6.45) is -3.24. The molecule has 1 aromatic carbocycles. The number of piperidine rings is 1. The Kier molecular flexibility index (Phi) is 11.6. The second-order valence-electron chi connectivity index (χ2n) is 7.83. The van der Waals surface area contributed by atoms with Crippen molar-refractivity contribution in [2.45, 2.75) is 42.9 Å². The largest absolute Gasteiger partial charge is 0.490 e. The molecule has 1 aromatic heterocycles. The van der Waals surface area contributed by atoms with Gasteiger partial charge >= 0.3 is 12.1 Å². The molecule has 1 saturated heterocycles. The number of nitrogens with two attached hydrogens (primary N) is 1. The van der Waals surface area contributed by atoms with Crippen molar-refractivity contribution in [3.63, 3.8) is 0 Å². The number of sulfonamides is 1. The molecule has 5 N–H and O–H groups in total. The van der Waals surface area contributed by atoms with Crippen LogP contribution in [0.4, 0.5) is 32.8 Å². The summed E-state index contributed by atoms with van der Waals surface area (Å²) in [6, 6.07) is 1.67. The van der Waals surface area contributed by atoms with Crippen LogP contribution in [0, 0.1) is 11.6 Å². The molecule has 0 unspecified atom stereocenters. The third-order valence-corrected chi connectivity index (χ3v) is 7.78. The summed E-state index contributed by atoms with van der Waals surface area (Å²) in [5.74, 6) is -4.70. The standard InChI is InChI=1S/C18H25F2N5O4S2.C2HF3O2/c19-14-10-13(31(27,28)25-6-3-12(4-7-25)29-9-8-26)11-15(20)17(14)22-5-1-2-16-23-24-18(21)30-16;3-2(4,5)1(6)7/h10-12,22,26H,1-9H2,(H2,21,24);(H,6,7). The summed E-state index contributed by atoms with van der Waals surface area (Å²) < 4.78 is 93.0. The fourth-order valence-electron chi connectivity index (χ4n) is 3.30. The molecule has 0 spiro atoms. The van der Waals surface area contributed by atoms with Crippen LogP contribution in [0.2, 0.25) is 0 Å². The van der Waals surface area contributed by atoms with E-state index in [2.05, 4.69) is 15.5 Å². The van der Waals surface area contributed by atoms with Crippen molar-refractivity contribution >= 4 is 38.1 Å². The number of aliphatic carboxylic acids is 1. The van der Waals surface area contributed by atoms with Gasteiger partial charge in [0.05, 0.1) is 24.2 Å². The van der Waals surface area contributed by atoms with Crippen molar-refractivity contribution in [2.75, 3.05) is 43.9 Å². The first-order valence-electron chi connectivity index (χ1n) is 11.1. The molecule has 18 heteroatoms. The normalized spacial score (nSPS) is 15.1. The van der Waals surface area contributed by atoms with Gasteiger partial charge in [0.15, 0.2) is 11.6 Å². The first-order chi connectivity index (χ1) is 17.8. The maximum atomic E-state index is 14.5. The summed E-state index contributed by atoms with van der Waals surface area (Å²) in [4.78, 5) is 8.47. The molecule has 0 saturated carbocycles. The SMILES string of the molecule is Nc1nnc(CCCNc2c(F)cc(S(=O)(=O)N3CCC(OCCO)CC3)cc2F)s1.O=C(O)C(F)(F)F. The molecule has 11 nitrogen and oxygen atoms in total. The Hall–Kier alpha value is -2.67. The van der Waals surface area contributed by atoms with Crippen molar-refractivity contribution in [2.24, 2.45) is 0 Å². The van der Waals surface area contributed by atoms with E-state index in [1.165, 1.54) is 15.6 Å². The van der Waals surface area contributed by atoms with Gasteiger partial charge in [-0.05, 0) is 31.4 Å². The van der Waals surface area contributed by atoms with Crippen LogP contribution in [0.15, 0.2) is 17.0 Å². The number of anilines is 2. The Morgan fingerprint density at radius 1 is 1.21 bits per heavy atom. The average molecular weight is 592 g/mol. The summed E-state index contributed by atoms with van der Waals surface area (Å²) >= 11 is 1.25. The average Bonchev–Trinajstić information content (AvgIpc) is 3.26. The maximum Gasteiger partial charge on any atom is 0.490 e. The Morgan fingerprint density at radius 3 is 2.26 bits per heavy atom. The summed E-state index contributed by atoms with van der Waals surface area (Å²) in [5.41, 5.74) is 5.14. The predicted octanol–water partition coefficient (Wildman–Crippen LogP) is 2.24. The summed E-state index contributed by atoms with van der Waals surface area (Å²) in [6.45, 7) is 0.710. The molecule has 0 amide bonds. The highest BCUT2D eigenvalue weighted by molar-refractivity contribution is 7.89. The van der Waals surface area contributed by atoms with Crippen LogP contribution in [-0.4, -0.2) is 84.2 Å². The number of aromatic nitrogens is 2. The number of aliphatic hydroxyl groups is 1. The number of hydrogen-bond acceptors (Lipinski definition) is 10. The van der Waals surface area contributed by atoms with Gasteiger partial charge in [-0.3, -0.25) is 0 Å². The minimum absolute atomic E-state index is 0.103. The van der Waals surface area contributed by atoms with Gasteiger partial charge in [-0.1, -0.05) is 11.3 Å². The Morgan fingerprint density at radius 2 is 1.79 bits per heavy atom. The number of aryl methyl sites for hydroxylation is 1. The lowest BCUT2D eigenvalue weighted by atomic mass is 10.1. The highest BCUT2D eigenvalue weighted by Crippen LogP contribution is 2.27. The van der Waals surface area contributed by atoms with E-state index in [4.69, 9.17) is 25.5 Å². The molecule has 214 valence electrons. The van der Waals surface area contributed by atoms with Gasteiger partial charge in [0.2, 0.25) is 15.2 Å². The van der Waals surface area contributed by atoms with Gasteiger partial charge in [-0.25, -0.2) is 22.0 Å². The second-order valence-corrected chi connectivity index (χ2v) is 10.9. The predicted molar refractivity (Wildman–Crippen MR) is 126 cm³/mol. The lowest BCUT2D eigenvalue weighted by Gasteiger charge is -2.31. The summed E-state index contributed by atoms with van der Waals surface area (Å²) in [5, 5.41) is 27.3. The van der Waals surface area contributed by atoms with Crippen LogP contribution in [0.5, 0.6) is 0 Å². The monoisotopic (exact) mass is 591 g/mol. The van der Waals surface area contributed by atoms with Gasteiger partial charge in [0.1, 0.15) is 10.7 Å². The Labute approximate surface area is 218 Å². The number of halogens is 5. The van der Waals surface area contributed by atoms with Crippen molar-refractivity contribution < 1.29 is 50.1 Å². The molecule has 2 heterocycles. The number of aliphatic hydroxyl groups excluding tert-OH is 1. The molecule has 0 atom stereocenters. The molecule has 0 radical (unpaired) electrons. The highest BCUT2D eigenvalue weighted by atomic mass is 32.2. The van der Waals surface area contributed by atoms with Crippen LogP contribution in [0.1, 0.15) is 24.3 Å². The van der Waals surface area contributed by atoms with E-state index in [9.17, 15) is 30.4 Å². The zero-order valence-electron chi connectivity index (χ0n) is 19.7. The third kappa shape index (κ3) is 9.26. The molecule has 38 heavy (non-hydrogen) atoms. The number of hydrogen-bond donors (Lipinski definition) is 4. The van der Waals surface area contributed by atoms with Crippen LogP contribution in [0.3, 0.4) is 0 Å². The maximum absolute atomic E-state index is 14.5. The molecular weight excluding hydrogens is 565 g/mol. The molecule has 1 fully saturated rings. The lowest BCUT2D eigenvalue weighted by Crippen LogP contribution is -2.41. The summed E-state index contributed by atoms with van der Waals surface area (Å²) in [7, 11) is -4.03. The first kappa shape index (κ1) is 31.5. The molecule has 2 aromatic rings. The zero-order chi connectivity index (χ0) is 28.5. The van der Waals surface area contributed by atoms with Gasteiger partial charge in [0.25, 0.3) is 0 Å². The quantitative estimate of drug-likeness (QED) is 0.238. The van der Waals surface area contributed by atoms with Crippen LogP contribution < -0.4 is 11.1 Å². The fraction of sp³-hybridized carbons (Fsp3) is 0.550. The van der Waals surface area contributed by atoms with Gasteiger partial charge in [-0.15, -0.1) is 10.2 Å². The topological polar surface area (TPSA) is 168 Å². The number of ether oxygens (including phenoxy) is 1. The van der Waals surface area contributed by atoms with E-state index >= 15 is 0 Å². The number of carboxylic acid groups (broad SMARTS) is 1. The van der Waals surface area contributed by atoms with Crippen LogP contribution >= 0.6 is 11.3 Å². The van der Waals surface area contributed by atoms with E-state index in [0.29, 0.717) is 30.8 Å². The van der Waals surface area contributed by atoms with Gasteiger partial charge in [-0.2, -0.15) is 17.5 Å². The minimum Gasteiger partial charge on any atom is -0.475 e. The number of nitrogens with one attached hydrogen (secondary N) is 1. The van der Waals surface area contributed by atoms with Crippen molar-refractivity contribution in [3.8, 4) is 0 Å². The number of carbonyl (C=O) groups is 1. The highest BCUT2D eigenvalue weighted by Gasteiger charge is 2.38. The van der Waals surface area contributed by atoms with E-state index < -0.39 is 38.7 Å². The Bertz CT molecular complexity index is 1150.